The van der Waals surface area contributed by atoms with Crippen LogP contribution in [-0.2, 0) is 11.3 Å². The molecule has 10 heteroatoms. The van der Waals surface area contributed by atoms with Gasteiger partial charge >= 0.3 is 12.2 Å². The van der Waals surface area contributed by atoms with E-state index in [-0.39, 0.29) is 31.7 Å². The summed E-state index contributed by atoms with van der Waals surface area (Å²) in [6.45, 7) is 0.640. The van der Waals surface area contributed by atoms with Gasteiger partial charge in [-0.3, -0.25) is 4.79 Å². The van der Waals surface area contributed by atoms with E-state index in [9.17, 15) is 22.8 Å². The predicted octanol–water partition coefficient (Wildman–Crippen LogP) is 3.91. The number of carbonyl (C=O) groups excluding carboxylic acids is 2. The fraction of sp³-hybridized carbons (Fsp3) is 0.474. The molecule has 0 saturated carbocycles. The largest absolute Gasteiger partial charge is 0.397 e. The maximum atomic E-state index is 12.5. The van der Waals surface area contributed by atoms with Crippen LogP contribution in [0, 0.1) is 0 Å². The molecule has 1 aromatic heterocycles. The number of urea groups is 1. The highest BCUT2D eigenvalue weighted by Gasteiger charge is 2.36. The molecule has 3 amide bonds. The number of benzene rings is 1. The average Bonchev–Trinajstić information content (AvgIpc) is 3.06. The molecule has 1 aliphatic heterocycles. The highest BCUT2D eigenvalue weighted by molar-refractivity contribution is 6.31. The van der Waals surface area contributed by atoms with Gasteiger partial charge in [-0.25, -0.2) is 4.79 Å². The number of likely N-dealkylation sites (tertiary alicyclic amines) is 1. The van der Waals surface area contributed by atoms with Crippen LogP contribution in [0.3, 0.4) is 0 Å². The van der Waals surface area contributed by atoms with Crippen LogP contribution in [0.4, 0.5) is 18.0 Å². The van der Waals surface area contributed by atoms with Gasteiger partial charge in [-0.15, -0.1) is 0 Å². The Morgan fingerprint density at radius 2 is 2.10 bits per heavy atom. The minimum absolute atomic E-state index is 0.101. The lowest BCUT2D eigenvalue weighted by Gasteiger charge is -2.37. The van der Waals surface area contributed by atoms with Crippen LogP contribution >= 0.6 is 11.6 Å². The first-order valence-electron chi connectivity index (χ1n) is 9.25. The van der Waals surface area contributed by atoms with Crippen molar-refractivity contribution in [1.29, 1.82) is 0 Å². The van der Waals surface area contributed by atoms with E-state index >= 15 is 0 Å². The van der Waals surface area contributed by atoms with Crippen molar-refractivity contribution < 1.29 is 22.8 Å². The molecule has 0 radical (unpaired) electrons. The molecular formula is C19H22ClF3N4O2. The molecule has 0 unspecified atom stereocenters. The number of hydrogen-bond acceptors (Lipinski definition) is 2. The first-order valence-corrected chi connectivity index (χ1v) is 9.62. The van der Waals surface area contributed by atoms with E-state index in [4.69, 9.17) is 11.6 Å². The fourth-order valence-corrected chi connectivity index (χ4v) is 3.68. The Bertz CT molecular complexity index is 899. The molecule has 1 atom stereocenters. The average molecular weight is 431 g/mol. The lowest BCUT2D eigenvalue weighted by atomic mass is 10.0. The van der Waals surface area contributed by atoms with Crippen LogP contribution in [0.1, 0.15) is 25.0 Å². The fourth-order valence-electron chi connectivity index (χ4n) is 3.50. The molecule has 1 aromatic carbocycles. The molecule has 6 nitrogen and oxygen atoms in total. The second-order valence-corrected chi connectivity index (χ2v) is 7.66. The van der Waals surface area contributed by atoms with Gasteiger partial charge in [0.05, 0.1) is 12.6 Å². The van der Waals surface area contributed by atoms with Gasteiger partial charge in [-0.1, -0.05) is 11.6 Å². The van der Waals surface area contributed by atoms with Crippen molar-refractivity contribution in [2.75, 3.05) is 20.1 Å². The maximum Gasteiger partial charge on any atom is 0.397 e. The highest BCUT2D eigenvalue weighted by atomic mass is 35.5. The summed E-state index contributed by atoms with van der Waals surface area (Å²) in [6.07, 6.45) is -4.82. The van der Waals surface area contributed by atoms with Crippen molar-refractivity contribution in [2.24, 2.45) is 0 Å². The second-order valence-electron chi connectivity index (χ2n) is 7.22. The first-order chi connectivity index (χ1) is 13.6. The minimum atomic E-state index is -4.53. The van der Waals surface area contributed by atoms with Gasteiger partial charge in [0.2, 0.25) is 5.91 Å². The number of aromatic amines is 1. The van der Waals surface area contributed by atoms with Crippen LogP contribution < -0.4 is 5.32 Å². The molecule has 3 rings (SSSR count). The Morgan fingerprint density at radius 3 is 2.83 bits per heavy atom. The number of alkyl halides is 3. The number of likely N-dealkylation sites (N-methyl/N-ethyl adjacent to an activating group) is 1. The molecule has 1 aliphatic rings. The molecule has 0 bridgehead atoms. The van der Waals surface area contributed by atoms with Gasteiger partial charge in [-0.05, 0) is 37.1 Å². The van der Waals surface area contributed by atoms with Gasteiger partial charge in [0.15, 0.2) is 0 Å². The zero-order valence-electron chi connectivity index (χ0n) is 15.9. The van der Waals surface area contributed by atoms with Gasteiger partial charge < -0.3 is 20.1 Å². The second kappa shape index (κ2) is 8.52. The van der Waals surface area contributed by atoms with Crippen LogP contribution in [0.5, 0.6) is 0 Å². The predicted molar refractivity (Wildman–Crippen MR) is 104 cm³/mol. The number of hydrogen-bond donors (Lipinski definition) is 2. The molecule has 158 valence electrons. The highest BCUT2D eigenvalue weighted by Crippen LogP contribution is 2.23. The SMILES string of the molecule is CN(C(=O)NCc1cc2cc(Cl)ccc2[nH]1)[C@@H]1CCCN(C(=O)CC(F)(F)F)C1. The molecule has 29 heavy (non-hydrogen) atoms. The Kier molecular flexibility index (Phi) is 6.26. The molecule has 0 spiro atoms. The lowest BCUT2D eigenvalue weighted by molar-refractivity contribution is -0.162. The first kappa shape index (κ1) is 21.3. The van der Waals surface area contributed by atoms with E-state index in [2.05, 4.69) is 10.3 Å². The summed E-state index contributed by atoms with van der Waals surface area (Å²) in [5.74, 6) is -0.951. The van der Waals surface area contributed by atoms with E-state index in [0.717, 1.165) is 16.6 Å². The van der Waals surface area contributed by atoms with Gasteiger partial charge in [0.25, 0.3) is 0 Å². The molecule has 2 heterocycles. The number of rotatable bonds is 4. The third-order valence-corrected chi connectivity index (χ3v) is 5.27. The Hall–Kier alpha value is -2.42. The molecule has 1 saturated heterocycles. The van der Waals surface area contributed by atoms with Crippen LogP contribution in [0.25, 0.3) is 10.9 Å². The topological polar surface area (TPSA) is 68.4 Å². The smallest absolute Gasteiger partial charge is 0.357 e. The zero-order valence-corrected chi connectivity index (χ0v) is 16.6. The van der Waals surface area contributed by atoms with Crippen LogP contribution in [-0.4, -0.2) is 59.1 Å². The van der Waals surface area contributed by atoms with Crippen LogP contribution in [0.2, 0.25) is 5.02 Å². The summed E-state index contributed by atoms with van der Waals surface area (Å²) in [4.78, 5) is 30.2. The monoisotopic (exact) mass is 430 g/mol. The van der Waals surface area contributed by atoms with E-state index < -0.39 is 18.5 Å². The zero-order chi connectivity index (χ0) is 21.2. The quantitative estimate of drug-likeness (QED) is 0.772. The summed E-state index contributed by atoms with van der Waals surface area (Å²) in [6, 6.07) is 6.65. The van der Waals surface area contributed by atoms with Gasteiger partial charge in [0.1, 0.15) is 6.42 Å². The van der Waals surface area contributed by atoms with Gasteiger partial charge in [0, 0.05) is 41.8 Å². The van der Waals surface area contributed by atoms with Crippen molar-refractivity contribution in [1.82, 2.24) is 20.1 Å². The molecular weight excluding hydrogens is 409 g/mol. The van der Waals surface area contributed by atoms with Crippen molar-refractivity contribution in [3.63, 3.8) is 0 Å². The van der Waals surface area contributed by atoms with Crippen LogP contribution in [0.15, 0.2) is 24.3 Å². The van der Waals surface area contributed by atoms with Crippen molar-refractivity contribution in [3.8, 4) is 0 Å². The third-order valence-electron chi connectivity index (χ3n) is 5.04. The number of aromatic nitrogens is 1. The van der Waals surface area contributed by atoms with Gasteiger partial charge in [-0.2, -0.15) is 13.2 Å². The number of carbonyl (C=O) groups is 2. The number of fused-ring (bicyclic) bond motifs is 1. The van der Waals surface area contributed by atoms with E-state index in [0.29, 0.717) is 17.9 Å². The summed E-state index contributed by atoms with van der Waals surface area (Å²) in [5, 5.41) is 4.34. The third kappa shape index (κ3) is 5.56. The normalized spacial score (nSPS) is 17.4. The standard InChI is InChI=1S/C19H22ClF3N4O2/c1-26(15-3-2-6-27(11-15)17(28)9-19(21,22)23)18(29)24-10-14-8-12-7-13(20)4-5-16(12)25-14/h4-5,7-8,15,25H,2-3,6,9-11H2,1H3,(H,24,29)/t15-/m1/s1. The molecule has 2 aromatic rings. The molecule has 2 N–H and O–H groups in total. The number of amides is 3. The Morgan fingerprint density at radius 1 is 1.34 bits per heavy atom. The summed E-state index contributed by atoms with van der Waals surface area (Å²) in [7, 11) is 1.59. The van der Waals surface area contributed by atoms with Crippen molar-refractivity contribution in [3.05, 3.63) is 35.0 Å². The molecule has 0 aliphatic carbocycles. The molecule has 1 fully saturated rings. The minimum Gasteiger partial charge on any atom is -0.357 e. The lowest BCUT2D eigenvalue weighted by Crippen LogP contribution is -2.52. The Labute approximate surface area is 171 Å². The summed E-state index contributed by atoms with van der Waals surface area (Å²) >= 11 is 5.97. The van der Waals surface area contributed by atoms with E-state index in [1.165, 1.54) is 9.80 Å². The van der Waals surface area contributed by atoms with E-state index in [1.54, 1.807) is 13.1 Å². The number of piperidine rings is 1. The van der Waals surface area contributed by atoms with Crippen molar-refractivity contribution >= 4 is 34.4 Å². The Balaban J connectivity index is 1.55. The number of halogens is 4. The van der Waals surface area contributed by atoms with E-state index in [1.807, 2.05) is 18.2 Å². The summed E-state index contributed by atoms with van der Waals surface area (Å²) < 4.78 is 37.4. The number of nitrogens with zero attached hydrogens (tertiary/aromatic N) is 2. The maximum absolute atomic E-state index is 12.5. The number of H-pyrrole nitrogens is 1. The van der Waals surface area contributed by atoms with Crippen molar-refractivity contribution in [2.45, 2.75) is 38.0 Å². The summed E-state index contributed by atoms with van der Waals surface area (Å²) in [5.41, 5.74) is 1.70. The number of nitrogens with one attached hydrogen (secondary N) is 2.